The maximum atomic E-state index is 12.7. The van der Waals surface area contributed by atoms with Gasteiger partial charge < -0.3 is 14.8 Å². The Bertz CT molecular complexity index is 1290. The third kappa shape index (κ3) is 5.70. The molecule has 8 heteroatoms. The Kier molecular flexibility index (Phi) is 7.72. The molecule has 2 N–H and O–H groups in total. The Morgan fingerprint density at radius 1 is 1.09 bits per heavy atom. The Morgan fingerprint density at radius 3 is 2.74 bits per heavy atom. The van der Waals surface area contributed by atoms with Crippen LogP contribution in [0.25, 0.3) is 20.8 Å². The topological polar surface area (TPSA) is 72.5 Å². The number of aromatic nitrogens is 1. The number of fused-ring (bicyclic) bond motifs is 1. The van der Waals surface area contributed by atoms with E-state index in [1.165, 1.54) is 0 Å². The van der Waals surface area contributed by atoms with Crippen LogP contribution in [0.4, 0.5) is 5.69 Å². The number of nitrogens with zero attached hydrogens (tertiary/aromatic N) is 1. The fraction of sp³-hybridized carbons (Fsp3) is 0.192. The second-order valence-corrected chi connectivity index (χ2v) is 8.98. The molecule has 0 aliphatic rings. The number of para-hydroxylation sites is 1. The largest absolute Gasteiger partial charge is 0.495 e. The molecule has 0 aliphatic heterocycles. The van der Waals surface area contributed by atoms with Crippen molar-refractivity contribution in [1.29, 1.82) is 0 Å². The van der Waals surface area contributed by atoms with Crippen molar-refractivity contribution in [3.63, 3.8) is 0 Å². The number of anilines is 1. The minimum Gasteiger partial charge on any atom is -0.495 e. The zero-order valence-corrected chi connectivity index (χ0v) is 20.6. The summed E-state index contributed by atoms with van der Waals surface area (Å²) in [6, 6.07) is 20.8. The Balaban J connectivity index is 1.47. The van der Waals surface area contributed by atoms with Gasteiger partial charge in [0.1, 0.15) is 16.5 Å². The van der Waals surface area contributed by atoms with Crippen LogP contribution in [0.5, 0.6) is 11.5 Å². The van der Waals surface area contributed by atoms with Crippen LogP contribution in [0.3, 0.4) is 0 Å². The summed E-state index contributed by atoms with van der Waals surface area (Å²) in [5, 5.41) is 6.87. The molecule has 0 saturated heterocycles. The number of nitrogens with one attached hydrogen (secondary N) is 2. The van der Waals surface area contributed by atoms with E-state index in [-0.39, 0.29) is 11.0 Å². The number of carbonyl (C=O) groups excluding carboxylic acids is 1. The quantitative estimate of drug-likeness (QED) is 0.223. The molecule has 0 unspecified atom stereocenters. The zero-order chi connectivity index (χ0) is 23.9. The van der Waals surface area contributed by atoms with Crippen LogP contribution in [0.2, 0.25) is 0 Å². The van der Waals surface area contributed by atoms with Crippen LogP contribution in [-0.4, -0.2) is 29.7 Å². The van der Waals surface area contributed by atoms with Gasteiger partial charge in [0.25, 0.3) is 5.91 Å². The first kappa shape index (κ1) is 23.7. The average molecular weight is 492 g/mol. The fourth-order valence-electron chi connectivity index (χ4n) is 3.32. The van der Waals surface area contributed by atoms with Gasteiger partial charge in [-0.3, -0.25) is 10.1 Å². The first-order valence-electron chi connectivity index (χ1n) is 11.0. The van der Waals surface area contributed by atoms with E-state index in [0.29, 0.717) is 29.4 Å². The second-order valence-electron chi connectivity index (χ2n) is 7.54. The predicted molar refractivity (Wildman–Crippen MR) is 142 cm³/mol. The van der Waals surface area contributed by atoms with E-state index in [1.807, 2.05) is 48.5 Å². The first-order valence-corrected chi connectivity index (χ1v) is 12.2. The van der Waals surface area contributed by atoms with Crippen molar-refractivity contribution in [2.75, 3.05) is 19.0 Å². The number of thiazole rings is 1. The Labute approximate surface area is 207 Å². The molecule has 3 aromatic carbocycles. The number of rotatable bonds is 8. The maximum Gasteiger partial charge on any atom is 0.257 e. The number of carbonyl (C=O) groups is 1. The molecule has 1 aromatic heterocycles. The zero-order valence-electron chi connectivity index (χ0n) is 19.0. The van der Waals surface area contributed by atoms with Crippen molar-refractivity contribution in [2.24, 2.45) is 0 Å². The SMILES string of the molecule is CCCCOc1cccc(C(=O)NC(=S)Nc2cc(-c3nc4ccccc4s3)ccc2OC)c1. The van der Waals surface area contributed by atoms with Crippen LogP contribution in [0, 0.1) is 0 Å². The molecule has 4 rings (SSSR count). The number of hydrogen-bond donors (Lipinski definition) is 2. The van der Waals surface area contributed by atoms with Gasteiger partial charge in [0, 0.05) is 11.1 Å². The Morgan fingerprint density at radius 2 is 1.94 bits per heavy atom. The molecule has 0 bridgehead atoms. The highest BCUT2D eigenvalue weighted by Crippen LogP contribution is 2.34. The van der Waals surface area contributed by atoms with Crippen molar-refractivity contribution < 1.29 is 14.3 Å². The van der Waals surface area contributed by atoms with Gasteiger partial charge in [-0.1, -0.05) is 31.5 Å². The van der Waals surface area contributed by atoms with Gasteiger partial charge in [-0.25, -0.2) is 4.98 Å². The van der Waals surface area contributed by atoms with Gasteiger partial charge in [-0.15, -0.1) is 11.3 Å². The number of unbranched alkanes of at least 4 members (excludes halogenated alkanes) is 1. The third-order valence-electron chi connectivity index (χ3n) is 5.08. The Hall–Kier alpha value is -3.49. The van der Waals surface area contributed by atoms with Crippen LogP contribution in [-0.2, 0) is 0 Å². The normalized spacial score (nSPS) is 10.6. The van der Waals surface area contributed by atoms with Gasteiger partial charge in [-0.05, 0) is 67.2 Å². The maximum absolute atomic E-state index is 12.7. The molecule has 0 fully saturated rings. The number of amides is 1. The monoisotopic (exact) mass is 491 g/mol. The highest BCUT2D eigenvalue weighted by atomic mass is 32.1. The molecule has 174 valence electrons. The van der Waals surface area contributed by atoms with E-state index in [1.54, 1.807) is 36.6 Å². The van der Waals surface area contributed by atoms with E-state index in [4.69, 9.17) is 26.7 Å². The van der Waals surface area contributed by atoms with E-state index in [2.05, 4.69) is 17.6 Å². The van der Waals surface area contributed by atoms with Crippen molar-refractivity contribution in [1.82, 2.24) is 10.3 Å². The van der Waals surface area contributed by atoms with Crippen LogP contribution < -0.4 is 20.1 Å². The number of thiocarbonyl (C=S) groups is 1. The van der Waals surface area contributed by atoms with Gasteiger partial charge in [0.15, 0.2) is 5.11 Å². The van der Waals surface area contributed by atoms with Crippen LogP contribution in [0.15, 0.2) is 66.7 Å². The standard InChI is InChI=1S/C26H25N3O3S2/c1-3-4-14-32-19-9-7-8-17(15-19)24(30)29-26(33)28-21-16-18(12-13-22(21)31-2)25-27-20-10-5-6-11-23(20)34-25/h5-13,15-16H,3-4,14H2,1-2H3,(H2,28,29,30,33). The van der Waals surface area contributed by atoms with Gasteiger partial charge in [0.05, 0.1) is 29.6 Å². The highest BCUT2D eigenvalue weighted by molar-refractivity contribution is 7.80. The summed E-state index contributed by atoms with van der Waals surface area (Å²) in [6.45, 7) is 2.72. The second kappa shape index (κ2) is 11.1. The van der Waals surface area contributed by atoms with E-state index < -0.39 is 0 Å². The summed E-state index contributed by atoms with van der Waals surface area (Å²) in [7, 11) is 1.59. The lowest BCUT2D eigenvalue weighted by Crippen LogP contribution is -2.34. The number of methoxy groups -OCH3 is 1. The lowest BCUT2D eigenvalue weighted by Gasteiger charge is -2.14. The lowest BCUT2D eigenvalue weighted by atomic mass is 10.2. The molecular weight excluding hydrogens is 466 g/mol. The molecule has 6 nitrogen and oxygen atoms in total. The van der Waals surface area contributed by atoms with Gasteiger partial charge in [-0.2, -0.15) is 0 Å². The average Bonchev–Trinajstić information content (AvgIpc) is 3.29. The summed E-state index contributed by atoms with van der Waals surface area (Å²) >= 11 is 7.02. The van der Waals surface area contributed by atoms with E-state index in [0.717, 1.165) is 33.6 Å². The molecule has 0 atom stereocenters. The first-order chi connectivity index (χ1) is 16.6. The van der Waals surface area contributed by atoms with Crippen molar-refractivity contribution in [3.05, 3.63) is 72.3 Å². The number of benzene rings is 3. The molecule has 4 aromatic rings. The summed E-state index contributed by atoms with van der Waals surface area (Å²) in [5.41, 5.74) is 2.99. The molecule has 34 heavy (non-hydrogen) atoms. The minimum atomic E-state index is -0.320. The number of hydrogen-bond acceptors (Lipinski definition) is 6. The van der Waals surface area contributed by atoms with Gasteiger partial charge in [0.2, 0.25) is 0 Å². The molecule has 0 saturated carbocycles. The molecule has 1 heterocycles. The molecule has 0 aliphatic carbocycles. The van der Waals surface area contributed by atoms with Crippen molar-refractivity contribution in [2.45, 2.75) is 19.8 Å². The lowest BCUT2D eigenvalue weighted by molar-refractivity contribution is 0.0977. The molecular formula is C26H25N3O3S2. The summed E-state index contributed by atoms with van der Waals surface area (Å²) < 4.78 is 12.3. The van der Waals surface area contributed by atoms with E-state index >= 15 is 0 Å². The van der Waals surface area contributed by atoms with E-state index in [9.17, 15) is 4.79 Å². The van der Waals surface area contributed by atoms with Crippen LogP contribution >= 0.6 is 23.6 Å². The summed E-state index contributed by atoms with van der Waals surface area (Å²) in [4.78, 5) is 17.5. The predicted octanol–water partition coefficient (Wildman–Crippen LogP) is 6.28. The highest BCUT2D eigenvalue weighted by Gasteiger charge is 2.13. The number of ether oxygens (including phenoxy) is 2. The molecule has 0 radical (unpaired) electrons. The van der Waals surface area contributed by atoms with Gasteiger partial charge >= 0.3 is 0 Å². The molecule has 0 spiro atoms. The minimum absolute atomic E-state index is 0.169. The van der Waals surface area contributed by atoms with Crippen molar-refractivity contribution in [3.8, 4) is 22.1 Å². The van der Waals surface area contributed by atoms with Crippen LogP contribution in [0.1, 0.15) is 30.1 Å². The smallest absolute Gasteiger partial charge is 0.257 e. The van der Waals surface area contributed by atoms with Crippen molar-refractivity contribution >= 4 is 50.5 Å². The molecule has 1 amide bonds. The summed E-state index contributed by atoms with van der Waals surface area (Å²) in [6.07, 6.45) is 2.01. The fourth-order valence-corrected chi connectivity index (χ4v) is 4.49. The third-order valence-corrected chi connectivity index (χ3v) is 6.37. The summed E-state index contributed by atoms with van der Waals surface area (Å²) in [5.74, 6) is 0.942.